The number of amides is 1. The molecule has 0 aliphatic heterocycles. The normalized spacial score (nSPS) is 10.9. The third-order valence-corrected chi connectivity index (χ3v) is 5.01. The topological polar surface area (TPSA) is 90.1 Å². The van der Waals surface area contributed by atoms with Gasteiger partial charge >= 0.3 is 0 Å². The van der Waals surface area contributed by atoms with Crippen LogP contribution < -0.4 is 10.1 Å². The summed E-state index contributed by atoms with van der Waals surface area (Å²) in [5.74, 6) is 0.856. The predicted molar refractivity (Wildman–Crippen MR) is 97.3 cm³/mol. The second-order valence-corrected chi connectivity index (χ2v) is 8.10. The molecule has 0 bridgehead atoms. The van der Waals surface area contributed by atoms with Crippen LogP contribution >= 0.6 is 23.1 Å². The smallest absolute Gasteiger partial charge is 0.279 e. The lowest BCUT2D eigenvalue weighted by Gasteiger charge is -1.99. The van der Waals surface area contributed by atoms with E-state index >= 15 is 0 Å². The summed E-state index contributed by atoms with van der Waals surface area (Å²) >= 11 is 2.92. The Hall–Kier alpha value is -2.39. The summed E-state index contributed by atoms with van der Waals surface area (Å²) in [7, 11) is 1.60. The van der Waals surface area contributed by atoms with E-state index in [4.69, 9.17) is 9.26 Å². The first-order chi connectivity index (χ1) is 12.0. The fraction of sp³-hybridized carbons (Fsp3) is 0.250. The highest BCUT2D eigenvalue weighted by molar-refractivity contribution is 8.01. The van der Waals surface area contributed by atoms with Crippen LogP contribution in [0.5, 0.6) is 5.75 Å². The molecule has 0 fully saturated rings. The SMILES string of the molecule is COc1ccc(-c2cc(C(=O)Nc3nnc(SC(C)C)s3)no2)cc1. The van der Waals surface area contributed by atoms with Crippen molar-refractivity contribution in [2.75, 3.05) is 12.4 Å². The lowest BCUT2D eigenvalue weighted by molar-refractivity contribution is 0.101. The molecule has 2 aromatic heterocycles. The molecule has 0 spiro atoms. The Morgan fingerprint density at radius 3 is 2.72 bits per heavy atom. The summed E-state index contributed by atoms with van der Waals surface area (Å²) in [6.45, 7) is 4.14. The lowest BCUT2D eigenvalue weighted by Crippen LogP contribution is -2.11. The average Bonchev–Trinajstić information content (AvgIpc) is 3.24. The first-order valence-electron chi connectivity index (χ1n) is 7.48. The Kier molecular flexibility index (Phi) is 5.34. The van der Waals surface area contributed by atoms with E-state index in [0.717, 1.165) is 15.7 Å². The molecular formula is C16H16N4O3S2. The largest absolute Gasteiger partial charge is 0.497 e. The van der Waals surface area contributed by atoms with Gasteiger partial charge in [-0.1, -0.05) is 42.1 Å². The van der Waals surface area contributed by atoms with Gasteiger partial charge < -0.3 is 9.26 Å². The Balaban J connectivity index is 1.68. The zero-order valence-corrected chi connectivity index (χ0v) is 15.5. The number of carbonyl (C=O) groups is 1. The molecule has 25 heavy (non-hydrogen) atoms. The first-order valence-corrected chi connectivity index (χ1v) is 9.17. The number of methoxy groups -OCH3 is 1. The van der Waals surface area contributed by atoms with Gasteiger partial charge in [0, 0.05) is 16.9 Å². The van der Waals surface area contributed by atoms with E-state index in [1.165, 1.54) is 11.3 Å². The van der Waals surface area contributed by atoms with Gasteiger partial charge in [0.1, 0.15) is 5.75 Å². The Bertz CT molecular complexity index is 858. The van der Waals surface area contributed by atoms with E-state index in [0.29, 0.717) is 16.1 Å². The highest BCUT2D eigenvalue weighted by Gasteiger charge is 2.16. The molecule has 0 saturated heterocycles. The maximum absolute atomic E-state index is 12.3. The molecule has 3 rings (SSSR count). The number of nitrogens with one attached hydrogen (secondary N) is 1. The number of carbonyl (C=O) groups excluding carboxylic acids is 1. The minimum atomic E-state index is -0.388. The molecule has 130 valence electrons. The first kappa shape index (κ1) is 17.4. The van der Waals surface area contributed by atoms with Crippen molar-refractivity contribution in [2.24, 2.45) is 0 Å². The van der Waals surface area contributed by atoms with Crippen LogP contribution in [0.4, 0.5) is 5.13 Å². The molecule has 9 heteroatoms. The van der Waals surface area contributed by atoms with Crippen LogP contribution in [0.15, 0.2) is 39.2 Å². The van der Waals surface area contributed by atoms with Crippen molar-refractivity contribution < 1.29 is 14.1 Å². The number of thioether (sulfide) groups is 1. The zero-order chi connectivity index (χ0) is 17.8. The molecule has 0 aliphatic rings. The lowest BCUT2D eigenvalue weighted by atomic mass is 10.1. The molecule has 0 saturated carbocycles. The standard InChI is InChI=1S/C16H16N4O3S2/c1-9(2)24-16-19-18-15(25-16)17-14(21)12-8-13(23-20-12)10-4-6-11(22-3)7-5-10/h4-9H,1-3H3,(H,17,18,21). The van der Waals surface area contributed by atoms with Gasteiger partial charge in [0.2, 0.25) is 5.13 Å². The Labute approximate surface area is 152 Å². The Morgan fingerprint density at radius 2 is 2.04 bits per heavy atom. The molecule has 1 amide bonds. The van der Waals surface area contributed by atoms with Gasteiger partial charge in [-0.3, -0.25) is 10.1 Å². The second-order valence-electron chi connectivity index (χ2n) is 5.30. The summed E-state index contributed by atoms with van der Waals surface area (Å²) in [4.78, 5) is 12.3. The van der Waals surface area contributed by atoms with E-state index in [1.54, 1.807) is 24.9 Å². The van der Waals surface area contributed by atoms with Crippen LogP contribution in [0.1, 0.15) is 24.3 Å². The highest BCUT2D eigenvalue weighted by atomic mass is 32.2. The Morgan fingerprint density at radius 1 is 1.28 bits per heavy atom. The molecule has 0 aliphatic carbocycles. The third-order valence-electron chi connectivity index (χ3n) is 3.08. The van der Waals surface area contributed by atoms with Crippen LogP contribution in [0.2, 0.25) is 0 Å². The number of benzene rings is 1. The van der Waals surface area contributed by atoms with Crippen molar-refractivity contribution in [3.63, 3.8) is 0 Å². The van der Waals surface area contributed by atoms with Crippen molar-refractivity contribution >= 4 is 34.1 Å². The fourth-order valence-corrected chi connectivity index (χ4v) is 3.91. The summed E-state index contributed by atoms with van der Waals surface area (Å²) in [5, 5.41) is 15.3. The van der Waals surface area contributed by atoms with Gasteiger partial charge in [-0.05, 0) is 24.3 Å². The van der Waals surface area contributed by atoms with Gasteiger partial charge in [0.05, 0.1) is 7.11 Å². The number of hydrogen-bond acceptors (Lipinski definition) is 8. The molecule has 3 aromatic rings. The van der Waals surface area contributed by atoms with Gasteiger partial charge in [0.25, 0.3) is 5.91 Å². The minimum Gasteiger partial charge on any atom is -0.497 e. The van der Waals surface area contributed by atoms with Crippen molar-refractivity contribution in [3.8, 4) is 17.1 Å². The van der Waals surface area contributed by atoms with Gasteiger partial charge in [-0.15, -0.1) is 10.2 Å². The van der Waals surface area contributed by atoms with Crippen molar-refractivity contribution in [2.45, 2.75) is 23.4 Å². The van der Waals surface area contributed by atoms with E-state index in [-0.39, 0.29) is 11.6 Å². The maximum atomic E-state index is 12.3. The number of anilines is 1. The van der Waals surface area contributed by atoms with E-state index in [2.05, 4.69) is 34.5 Å². The molecular weight excluding hydrogens is 360 g/mol. The predicted octanol–water partition coefficient (Wildman–Crippen LogP) is 3.95. The fourth-order valence-electron chi connectivity index (χ4n) is 1.94. The maximum Gasteiger partial charge on any atom is 0.279 e. The number of ether oxygens (including phenoxy) is 1. The molecule has 0 unspecified atom stereocenters. The number of hydrogen-bond donors (Lipinski definition) is 1. The summed E-state index contributed by atoms with van der Waals surface area (Å²) < 4.78 is 11.2. The highest BCUT2D eigenvalue weighted by Crippen LogP contribution is 2.29. The minimum absolute atomic E-state index is 0.180. The molecule has 1 aromatic carbocycles. The molecule has 2 heterocycles. The van der Waals surface area contributed by atoms with Crippen molar-refractivity contribution in [1.82, 2.24) is 15.4 Å². The number of rotatable bonds is 6. The second kappa shape index (κ2) is 7.66. The quantitative estimate of drug-likeness (QED) is 0.514. The third kappa shape index (κ3) is 4.37. The van der Waals surface area contributed by atoms with Gasteiger partial charge in [0.15, 0.2) is 15.8 Å². The van der Waals surface area contributed by atoms with Crippen LogP contribution in [0.25, 0.3) is 11.3 Å². The van der Waals surface area contributed by atoms with Crippen LogP contribution in [-0.2, 0) is 0 Å². The monoisotopic (exact) mass is 376 g/mol. The summed E-state index contributed by atoms with van der Waals surface area (Å²) in [6, 6.07) is 8.88. The van der Waals surface area contributed by atoms with E-state index < -0.39 is 0 Å². The van der Waals surface area contributed by atoms with Crippen LogP contribution in [0, 0.1) is 0 Å². The van der Waals surface area contributed by atoms with E-state index in [9.17, 15) is 4.79 Å². The number of aromatic nitrogens is 3. The summed E-state index contributed by atoms with van der Waals surface area (Å²) in [5.41, 5.74) is 0.984. The van der Waals surface area contributed by atoms with Gasteiger partial charge in [-0.25, -0.2) is 0 Å². The molecule has 0 radical (unpaired) electrons. The zero-order valence-electron chi connectivity index (χ0n) is 13.8. The van der Waals surface area contributed by atoms with Crippen molar-refractivity contribution in [3.05, 3.63) is 36.0 Å². The average molecular weight is 376 g/mol. The van der Waals surface area contributed by atoms with Gasteiger partial charge in [-0.2, -0.15) is 0 Å². The molecule has 1 N–H and O–H groups in total. The molecule has 7 nitrogen and oxygen atoms in total. The molecule has 0 atom stereocenters. The number of nitrogens with zero attached hydrogens (tertiary/aromatic N) is 3. The summed E-state index contributed by atoms with van der Waals surface area (Å²) in [6.07, 6.45) is 0. The van der Waals surface area contributed by atoms with Crippen LogP contribution in [0.3, 0.4) is 0 Å². The van der Waals surface area contributed by atoms with Crippen molar-refractivity contribution in [1.29, 1.82) is 0 Å². The van der Waals surface area contributed by atoms with Crippen LogP contribution in [-0.4, -0.2) is 33.6 Å². The van der Waals surface area contributed by atoms with E-state index in [1.807, 2.05) is 24.3 Å².